The van der Waals surface area contributed by atoms with Gasteiger partial charge in [-0.05, 0) is 48.4 Å². The number of carbonyl (C=O) groups is 2. The third-order valence-corrected chi connectivity index (χ3v) is 8.20. The van der Waals surface area contributed by atoms with Crippen LogP contribution in [0.2, 0.25) is 0 Å². The lowest BCUT2D eigenvalue weighted by Crippen LogP contribution is -2.50. The van der Waals surface area contributed by atoms with Crippen LogP contribution in [0.4, 0.5) is 0 Å². The summed E-state index contributed by atoms with van der Waals surface area (Å²) in [6.45, 7) is 5.83. The highest BCUT2D eigenvalue weighted by atomic mass is 16.2. The molecule has 0 N–H and O–H groups in total. The number of aromatic nitrogens is 1. The van der Waals surface area contributed by atoms with Crippen molar-refractivity contribution in [1.29, 1.82) is 0 Å². The summed E-state index contributed by atoms with van der Waals surface area (Å²) in [6.07, 6.45) is 2.69. The Morgan fingerprint density at radius 1 is 0.895 bits per heavy atom. The molecule has 1 saturated heterocycles. The summed E-state index contributed by atoms with van der Waals surface area (Å²) >= 11 is 0. The highest BCUT2D eigenvalue weighted by molar-refractivity contribution is 6.04. The zero-order valence-corrected chi connectivity index (χ0v) is 22.4. The van der Waals surface area contributed by atoms with E-state index < -0.39 is 6.04 Å². The molecular weight excluding hydrogens is 470 g/mol. The second-order valence-corrected chi connectivity index (χ2v) is 11.1. The topological polar surface area (TPSA) is 45.6 Å². The van der Waals surface area contributed by atoms with Gasteiger partial charge in [0.1, 0.15) is 6.04 Å². The molecule has 1 aromatic heterocycles. The number of amides is 2. The molecule has 3 aromatic carbocycles. The van der Waals surface area contributed by atoms with Gasteiger partial charge in [-0.1, -0.05) is 80.6 Å². The van der Waals surface area contributed by atoms with E-state index in [2.05, 4.69) is 80.1 Å². The molecule has 2 amide bonds. The first kappa shape index (κ1) is 24.5. The maximum Gasteiger partial charge on any atom is 0.255 e. The van der Waals surface area contributed by atoms with Crippen LogP contribution in [0.3, 0.4) is 0 Å². The molecule has 0 radical (unpaired) electrons. The van der Waals surface area contributed by atoms with Crippen molar-refractivity contribution in [1.82, 2.24) is 14.4 Å². The van der Waals surface area contributed by atoms with Gasteiger partial charge in [0, 0.05) is 42.2 Å². The van der Waals surface area contributed by atoms with Gasteiger partial charge in [0.05, 0.1) is 11.7 Å². The van der Waals surface area contributed by atoms with E-state index in [0.29, 0.717) is 12.0 Å². The third kappa shape index (κ3) is 3.92. The lowest BCUT2D eigenvalue weighted by molar-refractivity contribution is -0.136. The third-order valence-electron chi connectivity index (χ3n) is 8.20. The quantitative estimate of drug-likeness (QED) is 0.303. The lowest BCUT2D eigenvalue weighted by atomic mass is 9.91. The summed E-state index contributed by atoms with van der Waals surface area (Å²) in [5, 5.41) is 1.12. The first-order valence-corrected chi connectivity index (χ1v) is 13.8. The first-order chi connectivity index (χ1) is 18.5. The van der Waals surface area contributed by atoms with Gasteiger partial charge in [0.25, 0.3) is 5.91 Å². The Balaban J connectivity index is 1.62. The minimum atomic E-state index is -0.513. The molecule has 6 rings (SSSR count). The van der Waals surface area contributed by atoms with Gasteiger partial charge < -0.3 is 14.4 Å². The van der Waals surface area contributed by atoms with Gasteiger partial charge in [-0.25, -0.2) is 0 Å². The number of fused-ring (bicyclic) bond motifs is 2. The summed E-state index contributed by atoms with van der Waals surface area (Å²) in [5.41, 5.74) is 6.08. The number of hydrogen-bond donors (Lipinski definition) is 0. The molecule has 3 heterocycles. The van der Waals surface area contributed by atoms with Crippen LogP contribution in [0.15, 0.2) is 78.9 Å². The SMILES string of the molecule is CC(C)CC(C(=O)N1CCCC1)N1C(=O)c2ccccc2C1c1c(-c2ccccc2)n(C)c2ccccc12. The molecule has 1 fully saturated rings. The van der Waals surface area contributed by atoms with E-state index >= 15 is 0 Å². The van der Waals surface area contributed by atoms with Crippen LogP contribution < -0.4 is 0 Å². The molecule has 2 atom stereocenters. The normalized spacial score (nSPS) is 18.0. The number of benzene rings is 3. The second kappa shape index (κ2) is 9.79. The van der Waals surface area contributed by atoms with E-state index in [9.17, 15) is 9.59 Å². The molecule has 2 unspecified atom stereocenters. The predicted molar refractivity (Wildman–Crippen MR) is 152 cm³/mol. The van der Waals surface area contributed by atoms with Crippen LogP contribution in [0.5, 0.6) is 0 Å². The molecule has 0 saturated carbocycles. The number of likely N-dealkylation sites (tertiary alicyclic amines) is 1. The molecular formula is C33H35N3O2. The fourth-order valence-corrected chi connectivity index (χ4v) is 6.53. The fraction of sp³-hybridized carbons (Fsp3) is 0.333. The number of hydrogen-bond acceptors (Lipinski definition) is 2. The summed E-state index contributed by atoms with van der Waals surface area (Å²) < 4.78 is 2.24. The van der Waals surface area contributed by atoms with Crippen molar-refractivity contribution in [2.24, 2.45) is 13.0 Å². The Morgan fingerprint density at radius 2 is 1.55 bits per heavy atom. The minimum Gasteiger partial charge on any atom is -0.343 e. The molecule has 4 aromatic rings. The van der Waals surface area contributed by atoms with E-state index in [1.165, 1.54) is 0 Å². The van der Waals surface area contributed by atoms with Gasteiger partial charge in [0.15, 0.2) is 0 Å². The highest BCUT2D eigenvalue weighted by Gasteiger charge is 2.47. The van der Waals surface area contributed by atoms with E-state index in [-0.39, 0.29) is 23.8 Å². The first-order valence-electron chi connectivity index (χ1n) is 13.8. The number of carbonyl (C=O) groups excluding carboxylic acids is 2. The standard InChI is InChI=1S/C33H35N3O2/c1-22(2)21-28(33(38)35-19-11-12-20-35)36-31(24-15-7-8-16-25(24)32(36)37)29-26-17-9-10-18-27(26)34(3)30(29)23-13-5-4-6-14-23/h4-10,13-18,22,28,31H,11-12,19-21H2,1-3H3. The van der Waals surface area contributed by atoms with E-state index in [4.69, 9.17) is 0 Å². The van der Waals surface area contributed by atoms with Crippen LogP contribution in [0.1, 0.15) is 60.6 Å². The summed E-state index contributed by atoms with van der Waals surface area (Å²) in [5.74, 6) is 0.310. The fourth-order valence-electron chi connectivity index (χ4n) is 6.53. The Morgan fingerprint density at radius 3 is 2.29 bits per heavy atom. The van der Waals surface area contributed by atoms with Crippen molar-refractivity contribution < 1.29 is 9.59 Å². The van der Waals surface area contributed by atoms with Crippen molar-refractivity contribution in [2.75, 3.05) is 13.1 Å². The number of nitrogens with zero attached hydrogens (tertiary/aromatic N) is 3. The maximum absolute atomic E-state index is 14.3. The van der Waals surface area contributed by atoms with E-state index in [1.807, 2.05) is 34.1 Å². The molecule has 2 aliphatic rings. The lowest BCUT2D eigenvalue weighted by Gasteiger charge is -2.36. The van der Waals surface area contributed by atoms with Gasteiger partial charge in [-0.2, -0.15) is 0 Å². The zero-order chi connectivity index (χ0) is 26.4. The van der Waals surface area contributed by atoms with Crippen molar-refractivity contribution in [3.05, 3.63) is 95.6 Å². The largest absolute Gasteiger partial charge is 0.343 e. The Hall–Kier alpha value is -3.86. The number of aryl methyl sites for hydroxylation is 1. The molecule has 5 heteroatoms. The summed E-state index contributed by atoms with van der Waals surface area (Å²) in [7, 11) is 2.10. The van der Waals surface area contributed by atoms with Crippen molar-refractivity contribution in [3.63, 3.8) is 0 Å². The van der Waals surface area contributed by atoms with E-state index in [1.54, 1.807) is 0 Å². The van der Waals surface area contributed by atoms with Crippen molar-refractivity contribution >= 4 is 22.7 Å². The van der Waals surface area contributed by atoms with Crippen LogP contribution in [-0.2, 0) is 11.8 Å². The molecule has 2 aliphatic heterocycles. The molecule has 0 bridgehead atoms. The summed E-state index contributed by atoms with van der Waals surface area (Å²) in [6, 6.07) is 25.9. The van der Waals surface area contributed by atoms with Crippen molar-refractivity contribution in [2.45, 2.75) is 45.2 Å². The Labute approximate surface area is 224 Å². The Bertz CT molecular complexity index is 1500. The molecule has 5 nitrogen and oxygen atoms in total. The van der Waals surface area contributed by atoms with Gasteiger partial charge in [-0.15, -0.1) is 0 Å². The second-order valence-electron chi connectivity index (χ2n) is 11.1. The van der Waals surface area contributed by atoms with Crippen LogP contribution in [-0.4, -0.2) is 45.3 Å². The zero-order valence-electron chi connectivity index (χ0n) is 22.4. The molecule has 194 valence electrons. The molecule has 0 spiro atoms. The number of para-hydroxylation sites is 1. The molecule has 38 heavy (non-hydrogen) atoms. The van der Waals surface area contributed by atoms with E-state index in [0.717, 1.165) is 59.2 Å². The number of rotatable bonds is 6. The monoisotopic (exact) mass is 505 g/mol. The average molecular weight is 506 g/mol. The van der Waals surface area contributed by atoms with Crippen LogP contribution in [0.25, 0.3) is 22.2 Å². The van der Waals surface area contributed by atoms with Gasteiger partial charge >= 0.3 is 0 Å². The van der Waals surface area contributed by atoms with Crippen LogP contribution >= 0.6 is 0 Å². The molecule has 0 aliphatic carbocycles. The minimum absolute atomic E-state index is 0.0456. The smallest absolute Gasteiger partial charge is 0.255 e. The van der Waals surface area contributed by atoms with Gasteiger partial charge in [0.2, 0.25) is 5.91 Å². The average Bonchev–Trinajstić information content (AvgIpc) is 3.64. The summed E-state index contributed by atoms with van der Waals surface area (Å²) in [4.78, 5) is 32.3. The highest BCUT2D eigenvalue weighted by Crippen LogP contribution is 2.48. The maximum atomic E-state index is 14.3. The van der Waals surface area contributed by atoms with Crippen molar-refractivity contribution in [3.8, 4) is 11.3 Å². The van der Waals surface area contributed by atoms with Gasteiger partial charge in [-0.3, -0.25) is 9.59 Å². The Kier molecular flexibility index (Phi) is 6.30. The predicted octanol–water partition coefficient (Wildman–Crippen LogP) is 6.43. The van der Waals surface area contributed by atoms with Crippen LogP contribution in [0, 0.1) is 5.92 Å².